The third-order valence-corrected chi connectivity index (χ3v) is 3.55. The van der Waals surface area contributed by atoms with Gasteiger partial charge in [-0.3, -0.25) is 0 Å². The van der Waals surface area contributed by atoms with Crippen molar-refractivity contribution in [3.05, 3.63) is 17.7 Å². The molecule has 0 aliphatic carbocycles. The van der Waals surface area contributed by atoms with Gasteiger partial charge in [-0.2, -0.15) is 5.26 Å². The van der Waals surface area contributed by atoms with E-state index in [1.54, 1.807) is 0 Å². The van der Waals surface area contributed by atoms with Crippen molar-refractivity contribution < 1.29 is 0 Å². The van der Waals surface area contributed by atoms with E-state index in [-0.39, 0.29) is 0 Å². The van der Waals surface area contributed by atoms with Gasteiger partial charge in [-0.15, -0.1) is 0 Å². The summed E-state index contributed by atoms with van der Waals surface area (Å²) in [6.45, 7) is 2.09. The summed E-state index contributed by atoms with van der Waals surface area (Å²) >= 11 is 2.61. The number of aryl methyl sites for hydroxylation is 1. The van der Waals surface area contributed by atoms with E-state index >= 15 is 0 Å². The molecule has 2 N–H and O–H groups in total. The third kappa shape index (κ3) is 1.91. The highest BCUT2D eigenvalue weighted by atomic mass is 32.2. The normalized spacial score (nSPS) is 10.4. The Kier molecular flexibility index (Phi) is 2.80. The second-order valence-corrected chi connectivity index (χ2v) is 4.93. The second-order valence-electron chi connectivity index (χ2n) is 3.04. The summed E-state index contributed by atoms with van der Waals surface area (Å²) < 4.78 is 1.06. The fraction of sp³-hybridized carbons (Fsp3) is 0.200. The van der Waals surface area contributed by atoms with Gasteiger partial charge in [-0.1, -0.05) is 18.3 Å². The van der Waals surface area contributed by atoms with E-state index < -0.39 is 0 Å². The number of anilines is 1. The second kappa shape index (κ2) is 4.09. The molecule has 0 aliphatic heterocycles. The lowest BCUT2D eigenvalue weighted by atomic mass is 10.2. The molecule has 5 heteroatoms. The van der Waals surface area contributed by atoms with E-state index in [9.17, 15) is 0 Å². The molecule has 0 saturated carbocycles. The molecule has 2 aromatic rings. The number of rotatable bonds is 2. The van der Waals surface area contributed by atoms with E-state index in [0.717, 1.165) is 33.3 Å². The fourth-order valence-electron chi connectivity index (χ4n) is 1.40. The molecule has 0 bridgehead atoms. The van der Waals surface area contributed by atoms with Crippen LogP contribution in [0.2, 0.25) is 0 Å². The molecule has 1 heterocycles. The number of hydrogen-bond acceptors (Lipinski definition) is 5. The van der Waals surface area contributed by atoms with Gasteiger partial charge in [0.25, 0.3) is 0 Å². The molecule has 1 aromatic carbocycles. The van der Waals surface area contributed by atoms with Gasteiger partial charge in [0.2, 0.25) is 0 Å². The molecule has 0 radical (unpaired) electrons. The topological polar surface area (TPSA) is 62.7 Å². The van der Waals surface area contributed by atoms with Gasteiger partial charge in [0.05, 0.1) is 10.2 Å². The standard InChI is InChI=1S/C10H9N3S2/c1-2-6-3-7(14-5-11)9-8(4-6)15-10(12)13-9/h3-4H,2H2,1H3,(H2,12,13). The summed E-state index contributed by atoms with van der Waals surface area (Å²) in [7, 11) is 0. The number of benzene rings is 1. The van der Waals surface area contributed by atoms with Crippen LogP contribution in [0.1, 0.15) is 12.5 Å². The number of aromatic nitrogens is 1. The predicted octanol–water partition coefficient (Wildman–Crippen LogP) is 3.01. The quantitative estimate of drug-likeness (QED) is 0.642. The van der Waals surface area contributed by atoms with Crippen LogP contribution in [0.25, 0.3) is 10.2 Å². The molecular formula is C10H9N3S2. The maximum Gasteiger partial charge on any atom is 0.181 e. The lowest BCUT2D eigenvalue weighted by Crippen LogP contribution is -1.83. The first-order valence-corrected chi connectivity index (χ1v) is 6.12. The molecule has 1 aromatic heterocycles. The molecule has 0 aliphatic rings. The number of hydrogen-bond donors (Lipinski definition) is 1. The Morgan fingerprint density at radius 1 is 1.60 bits per heavy atom. The SMILES string of the molecule is CCc1cc(SC#N)c2nc(N)sc2c1. The van der Waals surface area contributed by atoms with Crippen molar-refractivity contribution in [1.82, 2.24) is 4.98 Å². The van der Waals surface area contributed by atoms with Crippen molar-refractivity contribution in [2.75, 3.05) is 5.73 Å². The van der Waals surface area contributed by atoms with Gasteiger partial charge >= 0.3 is 0 Å². The molecule has 0 fully saturated rings. The molecule has 76 valence electrons. The van der Waals surface area contributed by atoms with Crippen LogP contribution >= 0.6 is 23.1 Å². The Balaban J connectivity index is 2.69. The molecule has 0 saturated heterocycles. The van der Waals surface area contributed by atoms with Crippen molar-refractivity contribution in [2.45, 2.75) is 18.2 Å². The van der Waals surface area contributed by atoms with Crippen molar-refractivity contribution in [3.63, 3.8) is 0 Å². The average Bonchev–Trinajstić information content (AvgIpc) is 2.58. The monoisotopic (exact) mass is 235 g/mol. The first-order chi connectivity index (χ1) is 7.24. The van der Waals surface area contributed by atoms with Crippen molar-refractivity contribution in [1.29, 1.82) is 5.26 Å². The minimum Gasteiger partial charge on any atom is -0.375 e. The van der Waals surface area contributed by atoms with E-state index in [2.05, 4.69) is 23.4 Å². The summed E-state index contributed by atoms with van der Waals surface area (Å²) in [6.07, 6.45) is 0.951. The zero-order chi connectivity index (χ0) is 10.8. The first-order valence-electron chi connectivity index (χ1n) is 4.49. The predicted molar refractivity (Wildman–Crippen MR) is 64.9 cm³/mol. The number of nitrogens with zero attached hydrogens (tertiary/aromatic N) is 2. The number of fused-ring (bicyclic) bond motifs is 1. The smallest absolute Gasteiger partial charge is 0.181 e. The van der Waals surface area contributed by atoms with E-state index in [4.69, 9.17) is 11.0 Å². The van der Waals surface area contributed by atoms with Crippen LogP contribution in [0.3, 0.4) is 0 Å². The molecule has 3 nitrogen and oxygen atoms in total. The fourth-order valence-corrected chi connectivity index (χ4v) is 2.85. The molecule has 0 spiro atoms. The molecule has 15 heavy (non-hydrogen) atoms. The highest BCUT2D eigenvalue weighted by Gasteiger charge is 2.08. The third-order valence-electron chi connectivity index (χ3n) is 2.10. The molecular weight excluding hydrogens is 226 g/mol. The summed E-state index contributed by atoms with van der Waals surface area (Å²) in [6, 6.07) is 4.10. The summed E-state index contributed by atoms with van der Waals surface area (Å²) in [5.74, 6) is 0. The number of nitrogens with two attached hydrogens (primary N) is 1. The molecule has 0 amide bonds. The maximum absolute atomic E-state index is 8.71. The van der Waals surface area contributed by atoms with Crippen molar-refractivity contribution in [2.24, 2.45) is 0 Å². The molecule has 0 unspecified atom stereocenters. The highest BCUT2D eigenvalue weighted by molar-refractivity contribution is 8.04. The van der Waals surface area contributed by atoms with Crippen LogP contribution in [-0.2, 0) is 6.42 Å². The van der Waals surface area contributed by atoms with E-state index in [0.29, 0.717) is 5.13 Å². The van der Waals surface area contributed by atoms with E-state index in [1.165, 1.54) is 16.9 Å². The lowest BCUT2D eigenvalue weighted by molar-refractivity contribution is 1.13. The first kappa shape index (κ1) is 10.3. The summed E-state index contributed by atoms with van der Waals surface area (Å²) in [5.41, 5.74) is 7.72. The maximum atomic E-state index is 8.71. The van der Waals surface area contributed by atoms with Gasteiger partial charge in [-0.05, 0) is 35.9 Å². The number of thioether (sulfide) groups is 1. The van der Waals surface area contributed by atoms with Gasteiger partial charge in [0.1, 0.15) is 5.40 Å². The van der Waals surface area contributed by atoms with Gasteiger partial charge in [0, 0.05) is 4.90 Å². The van der Waals surface area contributed by atoms with Crippen LogP contribution in [0, 0.1) is 10.7 Å². The Morgan fingerprint density at radius 2 is 2.40 bits per heavy atom. The number of nitrogen functional groups attached to an aromatic ring is 1. The van der Waals surface area contributed by atoms with Gasteiger partial charge in [-0.25, -0.2) is 4.98 Å². The largest absolute Gasteiger partial charge is 0.375 e. The zero-order valence-electron chi connectivity index (χ0n) is 8.15. The highest BCUT2D eigenvalue weighted by Crippen LogP contribution is 2.33. The molecule has 2 rings (SSSR count). The summed E-state index contributed by atoms with van der Waals surface area (Å²) in [5, 5.41) is 11.3. The Bertz CT molecular complexity index is 539. The summed E-state index contributed by atoms with van der Waals surface area (Å²) in [4.78, 5) is 5.13. The van der Waals surface area contributed by atoms with Crippen LogP contribution < -0.4 is 5.73 Å². The van der Waals surface area contributed by atoms with Crippen molar-refractivity contribution >= 4 is 38.4 Å². The van der Waals surface area contributed by atoms with Gasteiger partial charge in [0.15, 0.2) is 5.13 Å². The van der Waals surface area contributed by atoms with Crippen LogP contribution in [-0.4, -0.2) is 4.98 Å². The Morgan fingerprint density at radius 3 is 3.07 bits per heavy atom. The van der Waals surface area contributed by atoms with Crippen LogP contribution in [0.5, 0.6) is 0 Å². The van der Waals surface area contributed by atoms with Gasteiger partial charge < -0.3 is 5.73 Å². The van der Waals surface area contributed by atoms with Crippen LogP contribution in [0.4, 0.5) is 5.13 Å². The Labute approximate surface area is 95.9 Å². The van der Waals surface area contributed by atoms with Crippen molar-refractivity contribution in [3.8, 4) is 5.40 Å². The number of thiazole rings is 1. The number of thiocyanates is 1. The van der Waals surface area contributed by atoms with Crippen LogP contribution in [0.15, 0.2) is 17.0 Å². The number of nitriles is 1. The lowest BCUT2D eigenvalue weighted by Gasteiger charge is -2.00. The van der Waals surface area contributed by atoms with E-state index in [1.807, 2.05) is 6.07 Å². The minimum atomic E-state index is 0.554. The molecule has 0 atom stereocenters. The zero-order valence-corrected chi connectivity index (χ0v) is 9.78. The average molecular weight is 235 g/mol. The Hall–Kier alpha value is -1.25. The minimum absolute atomic E-state index is 0.554.